The van der Waals surface area contributed by atoms with Crippen LogP contribution in [0, 0.1) is 0 Å². The molecule has 0 radical (unpaired) electrons. The molecule has 0 heterocycles. The maximum Gasteiger partial charge on any atom is 0.159 e. The number of anilines is 1. The van der Waals surface area contributed by atoms with Gasteiger partial charge in [-0.25, -0.2) is 0 Å². The van der Waals surface area contributed by atoms with Gasteiger partial charge in [-0.3, -0.25) is 4.79 Å². The summed E-state index contributed by atoms with van der Waals surface area (Å²) in [6, 6.07) is 5.48. The molecule has 0 atom stereocenters. The van der Waals surface area contributed by atoms with Crippen LogP contribution >= 0.6 is 0 Å². The molecule has 0 saturated carbocycles. The van der Waals surface area contributed by atoms with Gasteiger partial charge in [-0.15, -0.1) is 0 Å². The first-order chi connectivity index (χ1) is 8.65. The summed E-state index contributed by atoms with van der Waals surface area (Å²) in [5, 5.41) is 3.38. The number of Topliss-reactive ketones (excluding diaryl/α,β-unsaturated/α-hetero) is 1. The fraction of sp³-hybridized carbons (Fsp3) is 0.533. The smallest absolute Gasteiger partial charge is 0.159 e. The number of unbranched alkanes of at least 4 members (excludes halogenated alkanes) is 3. The van der Waals surface area contributed by atoms with Crippen molar-refractivity contribution in [3.05, 3.63) is 29.3 Å². The second-order valence-corrected chi connectivity index (χ2v) is 4.71. The molecule has 1 aromatic carbocycles. The lowest BCUT2D eigenvalue weighted by Crippen LogP contribution is -2.16. The lowest BCUT2D eigenvalue weighted by atomic mass is 10.1. The summed E-state index contributed by atoms with van der Waals surface area (Å²) in [5.74, 6) is 0.0826. The van der Waals surface area contributed by atoms with Crippen molar-refractivity contribution >= 4 is 11.5 Å². The number of benzene rings is 1. The first-order valence-corrected chi connectivity index (χ1v) is 6.75. The number of hydrogen-bond acceptors (Lipinski definition) is 3. The van der Waals surface area contributed by atoms with Crippen LogP contribution < -0.4 is 11.1 Å². The lowest BCUT2D eigenvalue weighted by Gasteiger charge is -2.09. The van der Waals surface area contributed by atoms with E-state index in [1.165, 1.54) is 25.7 Å². The van der Waals surface area contributed by atoms with Crippen molar-refractivity contribution in [3.8, 4) is 0 Å². The topological polar surface area (TPSA) is 55.1 Å². The Kier molecular flexibility index (Phi) is 6.44. The van der Waals surface area contributed by atoms with Gasteiger partial charge in [0.1, 0.15) is 0 Å². The van der Waals surface area contributed by atoms with Gasteiger partial charge in [-0.2, -0.15) is 0 Å². The van der Waals surface area contributed by atoms with Crippen LogP contribution in [0.3, 0.4) is 0 Å². The van der Waals surface area contributed by atoms with E-state index in [2.05, 4.69) is 12.2 Å². The molecule has 0 fully saturated rings. The largest absolute Gasteiger partial charge is 0.398 e. The Balaban J connectivity index is 2.41. The van der Waals surface area contributed by atoms with E-state index >= 15 is 0 Å². The van der Waals surface area contributed by atoms with Gasteiger partial charge < -0.3 is 11.1 Å². The molecule has 0 bridgehead atoms. The number of ketones is 1. The van der Waals surface area contributed by atoms with Crippen molar-refractivity contribution in [1.29, 1.82) is 0 Å². The van der Waals surface area contributed by atoms with Crippen LogP contribution in [0.5, 0.6) is 0 Å². The highest BCUT2D eigenvalue weighted by molar-refractivity contribution is 5.94. The minimum atomic E-state index is 0.0826. The summed E-state index contributed by atoms with van der Waals surface area (Å²) in [4.78, 5) is 11.3. The van der Waals surface area contributed by atoms with Gasteiger partial charge in [-0.1, -0.05) is 26.2 Å². The maximum atomic E-state index is 11.3. The zero-order valence-corrected chi connectivity index (χ0v) is 11.5. The summed E-state index contributed by atoms with van der Waals surface area (Å²) >= 11 is 0. The maximum absolute atomic E-state index is 11.3. The van der Waals surface area contributed by atoms with E-state index in [0.717, 1.165) is 29.9 Å². The van der Waals surface area contributed by atoms with Crippen molar-refractivity contribution < 1.29 is 4.79 Å². The lowest BCUT2D eigenvalue weighted by molar-refractivity contribution is 0.101. The molecule has 3 heteroatoms. The summed E-state index contributed by atoms with van der Waals surface area (Å²) in [7, 11) is 0. The van der Waals surface area contributed by atoms with Crippen molar-refractivity contribution in [2.45, 2.75) is 46.1 Å². The normalized spacial score (nSPS) is 10.6. The fourth-order valence-electron chi connectivity index (χ4n) is 1.88. The molecule has 0 aliphatic heterocycles. The Morgan fingerprint density at radius 2 is 2.06 bits per heavy atom. The van der Waals surface area contributed by atoms with Gasteiger partial charge in [-0.05, 0) is 43.7 Å². The third-order valence-corrected chi connectivity index (χ3v) is 3.07. The third kappa shape index (κ3) is 4.88. The van der Waals surface area contributed by atoms with E-state index in [-0.39, 0.29) is 5.78 Å². The molecular weight excluding hydrogens is 224 g/mol. The molecule has 0 spiro atoms. The van der Waals surface area contributed by atoms with Crippen LogP contribution in [-0.4, -0.2) is 12.3 Å². The zero-order chi connectivity index (χ0) is 13.4. The molecule has 18 heavy (non-hydrogen) atoms. The molecule has 0 aliphatic carbocycles. The highest BCUT2D eigenvalue weighted by Crippen LogP contribution is 2.14. The highest BCUT2D eigenvalue weighted by Gasteiger charge is 2.04. The Morgan fingerprint density at radius 1 is 1.28 bits per heavy atom. The number of nitrogen functional groups attached to an aromatic ring is 1. The summed E-state index contributed by atoms with van der Waals surface area (Å²) < 4.78 is 0. The van der Waals surface area contributed by atoms with Crippen LogP contribution in [0.1, 0.15) is 55.5 Å². The number of rotatable bonds is 8. The molecule has 0 saturated heterocycles. The molecule has 0 unspecified atom stereocenters. The van der Waals surface area contributed by atoms with E-state index in [1.807, 2.05) is 12.1 Å². The monoisotopic (exact) mass is 248 g/mol. The van der Waals surface area contributed by atoms with E-state index in [4.69, 9.17) is 5.73 Å². The SMILES string of the molecule is CCCCCCNCc1cc(C(C)=O)ccc1N. The molecule has 1 rings (SSSR count). The summed E-state index contributed by atoms with van der Waals surface area (Å²) in [6.45, 7) is 5.53. The number of nitrogens with two attached hydrogens (primary N) is 1. The highest BCUT2D eigenvalue weighted by atomic mass is 16.1. The Bertz CT molecular complexity index is 388. The molecular formula is C15H24N2O. The minimum Gasteiger partial charge on any atom is -0.398 e. The van der Waals surface area contributed by atoms with E-state index in [1.54, 1.807) is 13.0 Å². The van der Waals surface area contributed by atoms with Crippen LogP contribution in [-0.2, 0) is 6.54 Å². The second kappa shape index (κ2) is 7.88. The molecule has 0 aliphatic rings. The van der Waals surface area contributed by atoms with Gasteiger partial charge in [0.25, 0.3) is 0 Å². The Labute approximate surface area is 110 Å². The van der Waals surface area contributed by atoms with Gasteiger partial charge in [0.15, 0.2) is 5.78 Å². The van der Waals surface area contributed by atoms with Crippen LogP contribution in [0.4, 0.5) is 5.69 Å². The van der Waals surface area contributed by atoms with Gasteiger partial charge in [0.05, 0.1) is 0 Å². The Morgan fingerprint density at radius 3 is 2.72 bits per heavy atom. The molecule has 3 nitrogen and oxygen atoms in total. The predicted octanol–water partition coefficient (Wildman–Crippen LogP) is 3.14. The Hall–Kier alpha value is -1.35. The third-order valence-electron chi connectivity index (χ3n) is 3.07. The first-order valence-electron chi connectivity index (χ1n) is 6.75. The summed E-state index contributed by atoms with van der Waals surface area (Å²) in [5.41, 5.74) is 8.39. The van der Waals surface area contributed by atoms with Crippen molar-refractivity contribution in [2.24, 2.45) is 0 Å². The van der Waals surface area contributed by atoms with Crippen molar-refractivity contribution in [2.75, 3.05) is 12.3 Å². The fourth-order valence-corrected chi connectivity index (χ4v) is 1.88. The average molecular weight is 248 g/mol. The van der Waals surface area contributed by atoms with E-state index in [0.29, 0.717) is 0 Å². The molecule has 3 N–H and O–H groups in total. The van der Waals surface area contributed by atoms with Gasteiger partial charge in [0, 0.05) is 17.8 Å². The minimum absolute atomic E-state index is 0.0826. The number of nitrogens with one attached hydrogen (secondary N) is 1. The quantitative estimate of drug-likeness (QED) is 0.422. The molecule has 0 amide bonds. The summed E-state index contributed by atoms with van der Waals surface area (Å²) in [6.07, 6.45) is 5.02. The van der Waals surface area contributed by atoms with Gasteiger partial charge in [0.2, 0.25) is 0 Å². The van der Waals surface area contributed by atoms with Crippen LogP contribution in [0.25, 0.3) is 0 Å². The molecule has 100 valence electrons. The second-order valence-electron chi connectivity index (χ2n) is 4.71. The number of hydrogen-bond donors (Lipinski definition) is 2. The van der Waals surface area contributed by atoms with Crippen molar-refractivity contribution in [1.82, 2.24) is 5.32 Å². The zero-order valence-electron chi connectivity index (χ0n) is 11.5. The van der Waals surface area contributed by atoms with Crippen molar-refractivity contribution in [3.63, 3.8) is 0 Å². The van der Waals surface area contributed by atoms with E-state index in [9.17, 15) is 4.79 Å². The van der Waals surface area contributed by atoms with Gasteiger partial charge >= 0.3 is 0 Å². The number of carbonyl (C=O) groups is 1. The first kappa shape index (κ1) is 14.7. The number of carbonyl (C=O) groups excluding carboxylic acids is 1. The van der Waals surface area contributed by atoms with E-state index < -0.39 is 0 Å². The predicted molar refractivity (Wildman–Crippen MR) is 76.7 cm³/mol. The van der Waals surface area contributed by atoms with Crippen LogP contribution in [0.2, 0.25) is 0 Å². The standard InChI is InChI=1S/C15H24N2O/c1-3-4-5-6-9-17-11-14-10-13(12(2)18)7-8-15(14)16/h7-8,10,17H,3-6,9,11,16H2,1-2H3. The molecule has 1 aromatic rings. The van der Waals surface area contributed by atoms with Crippen LogP contribution in [0.15, 0.2) is 18.2 Å². The molecule has 0 aromatic heterocycles. The average Bonchev–Trinajstić information content (AvgIpc) is 2.35.